The third kappa shape index (κ3) is 2.42. The van der Waals surface area contributed by atoms with Crippen LogP contribution in [0.3, 0.4) is 0 Å². The van der Waals surface area contributed by atoms with Gasteiger partial charge in [0.15, 0.2) is 0 Å². The molecular formula is C13H9FNO2. The van der Waals surface area contributed by atoms with Crippen LogP contribution in [0.5, 0.6) is 0 Å². The van der Waals surface area contributed by atoms with Crippen LogP contribution in [-0.2, 0) is 5.11 Å². The van der Waals surface area contributed by atoms with E-state index in [0.29, 0.717) is 11.4 Å². The molecule has 2 aromatic rings. The van der Waals surface area contributed by atoms with Crippen molar-refractivity contribution in [3.8, 4) is 0 Å². The number of benzene rings is 2. The topological polar surface area (TPSA) is 40.2 Å². The fourth-order valence-electron chi connectivity index (χ4n) is 1.53. The summed E-state index contributed by atoms with van der Waals surface area (Å²) in [5.41, 5.74) is 0.803. The van der Waals surface area contributed by atoms with Crippen molar-refractivity contribution in [1.82, 2.24) is 0 Å². The van der Waals surface area contributed by atoms with Gasteiger partial charge in [0, 0.05) is 0 Å². The van der Waals surface area contributed by atoms with E-state index >= 15 is 0 Å². The van der Waals surface area contributed by atoms with E-state index in [1.165, 1.54) is 24.3 Å². The number of hydrogen-bond donors (Lipinski definition) is 0. The monoisotopic (exact) mass is 230 g/mol. The average molecular weight is 230 g/mol. The molecule has 17 heavy (non-hydrogen) atoms. The minimum atomic E-state index is -1.36. The molecule has 2 rings (SSSR count). The highest BCUT2D eigenvalue weighted by atomic mass is 19.1. The number of para-hydroxylation sites is 1. The molecule has 0 aliphatic rings. The Labute approximate surface area is 97.7 Å². The predicted octanol–water partition coefficient (Wildman–Crippen LogP) is 3.51. The minimum absolute atomic E-state index is 0.345. The van der Waals surface area contributed by atoms with Gasteiger partial charge in [-0.1, -0.05) is 18.2 Å². The van der Waals surface area contributed by atoms with E-state index < -0.39 is 11.9 Å². The molecular weight excluding hydrogens is 221 g/mol. The summed E-state index contributed by atoms with van der Waals surface area (Å²) in [6.45, 7) is 0. The summed E-state index contributed by atoms with van der Waals surface area (Å²) >= 11 is 0. The standard InChI is InChI=1S/C13H9FNO2/c14-10-6-8-12(9-7-10)15(13(16)17)11-4-2-1-3-5-11/h1-9H. The number of halogens is 1. The number of nitrogens with zero attached hydrogens (tertiary/aromatic N) is 1. The largest absolute Gasteiger partial charge is 0.462 e. The molecule has 3 nitrogen and oxygen atoms in total. The number of amides is 1. The van der Waals surface area contributed by atoms with Crippen LogP contribution in [0.1, 0.15) is 0 Å². The van der Waals surface area contributed by atoms with Gasteiger partial charge in [0.25, 0.3) is 0 Å². The lowest BCUT2D eigenvalue weighted by Crippen LogP contribution is -2.22. The Morgan fingerprint density at radius 1 is 0.882 bits per heavy atom. The zero-order valence-corrected chi connectivity index (χ0v) is 8.84. The van der Waals surface area contributed by atoms with Crippen molar-refractivity contribution >= 4 is 17.5 Å². The highest BCUT2D eigenvalue weighted by molar-refractivity contribution is 5.94. The van der Waals surface area contributed by atoms with Gasteiger partial charge in [-0.2, -0.15) is 0 Å². The lowest BCUT2D eigenvalue weighted by atomic mass is 10.2. The molecule has 4 heteroatoms. The van der Waals surface area contributed by atoms with Gasteiger partial charge in [-0.15, -0.1) is 0 Å². The van der Waals surface area contributed by atoms with Gasteiger partial charge in [0.2, 0.25) is 0 Å². The third-order valence-corrected chi connectivity index (χ3v) is 2.28. The quantitative estimate of drug-likeness (QED) is 0.778. The second kappa shape index (κ2) is 4.65. The van der Waals surface area contributed by atoms with Crippen LogP contribution >= 0.6 is 0 Å². The lowest BCUT2D eigenvalue weighted by Gasteiger charge is -2.17. The fraction of sp³-hybridized carbons (Fsp3) is 0. The summed E-state index contributed by atoms with van der Waals surface area (Å²) < 4.78 is 12.8. The van der Waals surface area contributed by atoms with Crippen LogP contribution in [0.4, 0.5) is 20.6 Å². The van der Waals surface area contributed by atoms with E-state index in [4.69, 9.17) is 0 Å². The highest BCUT2D eigenvalue weighted by Gasteiger charge is 2.17. The molecule has 1 radical (unpaired) electrons. The summed E-state index contributed by atoms with van der Waals surface area (Å²) in [4.78, 5) is 12.1. The van der Waals surface area contributed by atoms with Crippen LogP contribution in [-0.4, -0.2) is 6.09 Å². The minimum Gasteiger partial charge on any atom is -0.243 e. The molecule has 0 aliphatic heterocycles. The molecule has 0 atom stereocenters. The molecule has 2 aromatic carbocycles. The van der Waals surface area contributed by atoms with Crippen molar-refractivity contribution in [3.63, 3.8) is 0 Å². The number of rotatable bonds is 2. The molecule has 85 valence electrons. The Balaban J connectivity index is 2.43. The maximum atomic E-state index is 12.8. The van der Waals surface area contributed by atoms with Gasteiger partial charge >= 0.3 is 6.09 Å². The normalized spacial score (nSPS) is 9.94. The van der Waals surface area contributed by atoms with E-state index in [1.54, 1.807) is 30.3 Å². The van der Waals surface area contributed by atoms with E-state index in [2.05, 4.69) is 0 Å². The average Bonchev–Trinajstić information content (AvgIpc) is 2.33. The number of carbonyl (C=O) groups excluding carboxylic acids is 1. The van der Waals surface area contributed by atoms with Gasteiger partial charge in [-0.05, 0) is 36.4 Å². The number of hydrogen-bond acceptors (Lipinski definition) is 1. The van der Waals surface area contributed by atoms with Gasteiger partial charge < -0.3 is 0 Å². The lowest BCUT2D eigenvalue weighted by molar-refractivity contribution is 0.179. The fourth-order valence-corrected chi connectivity index (χ4v) is 1.53. The number of anilines is 2. The predicted molar refractivity (Wildman–Crippen MR) is 61.1 cm³/mol. The van der Waals surface area contributed by atoms with E-state index in [9.17, 15) is 14.3 Å². The Morgan fingerprint density at radius 2 is 1.41 bits per heavy atom. The van der Waals surface area contributed by atoms with Crippen LogP contribution in [0.2, 0.25) is 0 Å². The van der Waals surface area contributed by atoms with Gasteiger partial charge in [0.1, 0.15) is 5.82 Å². The first kappa shape index (κ1) is 11.1. The molecule has 0 heterocycles. The smallest absolute Gasteiger partial charge is 0.243 e. The Morgan fingerprint density at radius 3 is 1.94 bits per heavy atom. The Hall–Kier alpha value is -2.36. The second-order valence-corrected chi connectivity index (χ2v) is 3.41. The van der Waals surface area contributed by atoms with Crippen LogP contribution in [0, 0.1) is 5.82 Å². The third-order valence-electron chi connectivity index (χ3n) is 2.28. The zero-order valence-electron chi connectivity index (χ0n) is 8.84. The Kier molecular flexibility index (Phi) is 3.05. The summed E-state index contributed by atoms with van der Waals surface area (Å²) in [5, 5.41) is 11.1. The molecule has 0 saturated carbocycles. The summed E-state index contributed by atoms with van der Waals surface area (Å²) in [5.74, 6) is -0.417. The molecule has 0 aromatic heterocycles. The molecule has 0 fully saturated rings. The maximum Gasteiger partial charge on any atom is 0.462 e. The van der Waals surface area contributed by atoms with Crippen molar-refractivity contribution in [2.45, 2.75) is 0 Å². The molecule has 1 amide bonds. The van der Waals surface area contributed by atoms with Gasteiger partial charge in [-0.25, -0.2) is 19.2 Å². The number of carbonyl (C=O) groups is 1. The first-order valence-corrected chi connectivity index (χ1v) is 5.00. The second-order valence-electron chi connectivity index (χ2n) is 3.41. The molecule has 0 aliphatic carbocycles. The van der Waals surface area contributed by atoms with Gasteiger partial charge in [0.05, 0.1) is 11.4 Å². The van der Waals surface area contributed by atoms with Crippen molar-refractivity contribution in [3.05, 3.63) is 60.4 Å². The van der Waals surface area contributed by atoms with E-state index in [0.717, 1.165) is 4.90 Å². The molecule has 0 bridgehead atoms. The van der Waals surface area contributed by atoms with Crippen molar-refractivity contribution < 1.29 is 14.3 Å². The highest BCUT2D eigenvalue weighted by Crippen LogP contribution is 2.25. The van der Waals surface area contributed by atoms with Crippen LogP contribution < -0.4 is 4.90 Å². The molecule has 0 N–H and O–H groups in total. The first-order chi connectivity index (χ1) is 8.18. The van der Waals surface area contributed by atoms with Crippen molar-refractivity contribution in [1.29, 1.82) is 0 Å². The van der Waals surface area contributed by atoms with Crippen LogP contribution in [0.15, 0.2) is 54.6 Å². The molecule has 0 unspecified atom stereocenters. The van der Waals surface area contributed by atoms with Gasteiger partial charge in [-0.3, -0.25) is 0 Å². The van der Waals surface area contributed by atoms with Crippen LogP contribution in [0.25, 0.3) is 0 Å². The molecule has 0 spiro atoms. The Bertz CT molecular complexity index is 511. The summed E-state index contributed by atoms with van der Waals surface area (Å²) in [7, 11) is 0. The van der Waals surface area contributed by atoms with E-state index in [1.807, 2.05) is 0 Å². The maximum absolute atomic E-state index is 12.8. The van der Waals surface area contributed by atoms with E-state index in [-0.39, 0.29) is 0 Å². The summed E-state index contributed by atoms with van der Waals surface area (Å²) in [6.07, 6.45) is -1.36. The van der Waals surface area contributed by atoms with Crippen molar-refractivity contribution in [2.24, 2.45) is 0 Å². The first-order valence-electron chi connectivity index (χ1n) is 5.00. The van der Waals surface area contributed by atoms with Crippen molar-refractivity contribution in [2.75, 3.05) is 4.90 Å². The molecule has 0 saturated heterocycles. The zero-order chi connectivity index (χ0) is 12.3. The SMILES string of the molecule is [O]C(=O)N(c1ccccc1)c1ccc(F)cc1. The summed E-state index contributed by atoms with van der Waals surface area (Å²) in [6, 6.07) is 13.7.